The summed E-state index contributed by atoms with van der Waals surface area (Å²) in [5.74, 6) is 3.01. The van der Waals surface area contributed by atoms with Crippen LogP contribution in [0.3, 0.4) is 0 Å². The minimum Gasteiger partial charge on any atom is -0.493 e. The molecule has 1 saturated heterocycles. The van der Waals surface area contributed by atoms with E-state index in [0.29, 0.717) is 29.8 Å². The molecule has 3 rings (SSSR count). The quantitative estimate of drug-likeness (QED) is 0.485. The Labute approximate surface area is 195 Å². The van der Waals surface area contributed by atoms with E-state index in [0.717, 1.165) is 55.7 Å². The number of hydrogen-bond acceptors (Lipinski definition) is 10. The lowest BCUT2D eigenvalue weighted by atomic mass is 9.94. The van der Waals surface area contributed by atoms with Gasteiger partial charge in [0.15, 0.2) is 11.5 Å². The summed E-state index contributed by atoms with van der Waals surface area (Å²) in [6.07, 6.45) is 2.45. The van der Waals surface area contributed by atoms with Crippen molar-refractivity contribution in [2.24, 2.45) is 11.1 Å². The lowest BCUT2D eigenvalue weighted by Gasteiger charge is -2.33. The van der Waals surface area contributed by atoms with Crippen LogP contribution in [0.4, 0.5) is 11.8 Å². The number of methoxy groups -OCH3 is 2. The molecule has 0 bridgehead atoms. The van der Waals surface area contributed by atoms with Crippen molar-refractivity contribution in [2.45, 2.75) is 19.3 Å². The third-order valence-electron chi connectivity index (χ3n) is 5.71. The molecule has 184 valence electrons. The Morgan fingerprint density at radius 2 is 1.82 bits per heavy atom. The number of benzene rings is 1. The zero-order chi connectivity index (χ0) is 24.0. The number of fused-ring (bicyclic) bond motifs is 1. The highest BCUT2D eigenvalue weighted by molar-refractivity contribution is 7.84. The molecule has 0 radical (unpaired) electrons. The van der Waals surface area contributed by atoms with E-state index in [1.807, 2.05) is 26.2 Å². The molecule has 0 amide bonds. The number of ether oxygens (including phenoxy) is 2. The van der Waals surface area contributed by atoms with Crippen LogP contribution in [0.1, 0.15) is 19.3 Å². The van der Waals surface area contributed by atoms with E-state index < -0.39 is 10.3 Å². The minimum absolute atomic E-state index is 0.108. The smallest absolute Gasteiger partial charge is 0.333 e. The Balaban J connectivity index is 1.82. The molecule has 33 heavy (non-hydrogen) atoms. The SMILES string of the molecule is COc1cc2nc(NCCN(C)C)nc(N3CCC(CCOS(N)(=O)=O)CC3)c2cc1OC. The topological polar surface area (TPSA) is 132 Å². The van der Waals surface area contributed by atoms with E-state index in [4.69, 9.17) is 28.8 Å². The van der Waals surface area contributed by atoms with Crippen molar-refractivity contribution in [3.8, 4) is 11.5 Å². The zero-order valence-electron chi connectivity index (χ0n) is 19.7. The van der Waals surface area contributed by atoms with Gasteiger partial charge in [-0.2, -0.15) is 13.4 Å². The zero-order valence-corrected chi connectivity index (χ0v) is 20.5. The highest BCUT2D eigenvalue weighted by atomic mass is 32.2. The standard InChI is InChI=1S/C21H34N6O5S/c1-26(2)11-8-23-21-24-17-14-19(31-4)18(30-3)13-16(17)20(25-21)27-9-5-15(6-10-27)7-12-32-33(22,28)29/h13-15H,5-12H2,1-4H3,(H2,22,28,29)(H,23,24,25). The number of piperidine rings is 1. The molecule has 1 aliphatic heterocycles. The van der Waals surface area contributed by atoms with Crippen LogP contribution < -0.4 is 24.8 Å². The monoisotopic (exact) mass is 482 g/mol. The minimum atomic E-state index is -3.89. The molecule has 0 saturated carbocycles. The van der Waals surface area contributed by atoms with Crippen molar-refractivity contribution in [3.05, 3.63) is 12.1 Å². The maximum atomic E-state index is 11.0. The summed E-state index contributed by atoms with van der Waals surface area (Å²) in [4.78, 5) is 13.9. The second-order valence-corrected chi connectivity index (χ2v) is 9.58. The van der Waals surface area contributed by atoms with Gasteiger partial charge in [-0.1, -0.05) is 0 Å². The number of nitrogens with two attached hydrogens (primary N) is 1. The number of nitrogens with zero attached hydrogens (tertiary/aromatic N) is 4. The van der Waals surface area contributed by atoms with Gasteiger partial charge in [-0.3, -0.25) is 4.18 Å². The normalized spacial score (nSPS) is 15.3. The van der Waals surface area contributed by atoms with Crippen LogP contribution in [-0.2, 0) is 14.5 Å². The van der Waals surface area contributed by atoms with Crippen LogP contribution >= 0.6 is 0 Å². The van der Waals surface area contributed by atoms with Gasteiger partial charge in [0, 0.05) is 37.6 Å². The van der Waals surface area contributed by atoms with Crippen LogP contribution in [0.2, 0.25) is 0 Å². The summed E-state index contributed by atoms with van der Waals surface area (Å²) in [7, 11) is 3.35. The van der Waals surface area contributed by atoms with Crippen LogP contribution in [0.15, 0.2) is 12.1 Å². The maximum Gasteiger partial charge on any atom is 0.333 e. The molecule has 12 heteroatoms. The fourth-order valence-corrected chi connectivity index (χ4v) is 4.24. The number of nitrogens with one attached hydrogen (secondary N) is 1. The number of rotatable bonds is 11. The Kier molecular flexibility index (Phi) is 8.51. The largest absolute Gasteiger partial charge is 0.493 e. The highest BCUT2D eigenvalue weighted by Crippen LogP contribution is 2.37. The van der Waals surface area contributed by atoms with Crippen molar-refractivity contribution in [1.29, 1.82) is 0 Å². The summed E-state index contributed by atoms with van der Waals surface area (Å²) in [5.41, 5.74) is 0.772. The molecule has 1 aromatic carbocycles. The summed E-state index contributed by atoms with van der Waals surface area (Å²) >= 11 is 0. The molecule has 1 aromatic heterocycles. The van der Waals surface area contributed by atoms with Gasteiger partial charge in [0.1, 0.15) is 5.82 Å². The molecule has 2 heterocycles. The number of hydrogen-bond donors (Lipinski definition) is 2. The van der Waals surface area contributed by atoms with Gasteiger partial charge in [0.05, 0.1) is 26.3 Å². The Bertz CT molecular complexity index is 1040. The van der Waals surface area contributed by atoms with E-state index in [1.54, 1.807) is 14.2 Å². The van der Waals surface area contributed by atoms with Crippen molar-refractivity contribution in [3.63, 3.8) is 0 Å². The van der Waals surface area contributed by atoms with E-state index in [2.05, 4.69) is 15.1 Å². The highest BCUT2D eigenvalue weighted by Gasteiger charge is 2.24. The number of likely N-dealkylation sites (N-methyl/N-ethyl adjacent to an activating group) is 1. The predicted molar refractivity (Wildman–Crippen MR) is 128 cm³/mol. The van der Waals surface area contributed by atoms with Gasteiger partial charge < -0.3 is 24.6 Å². The second-order valence-electron chi connectivity index (χ2n) is 8.36. The molecule has 2 aromatic rings. The van der Waals surface area contributed by atoms with Crippen molar-refractivity contribution < 1.29 is 22.1 Å². The van der Waals surface area contributed by atoms with Crippen LogP contribution in [0, 0.1) is 5.92 Å². The Morgan fingerprint density at radius 3 is 2.42 bits per heavy atom. The fourth-order valence-electron chi connectivity index (χ4n) is 3.92. The first-order chi connectivity index (χ1) is 15.7. The molecule has 1 aliphatic rings. The fraction of sp³-hybridized carbons (Fsp3) is 0.619. The summed E-state index contributed by atoms with van der Waals surface area (Å²) in [6, 6.07) is 3.78. The van der Waals surface area contributed by atoms with Crippen molar-refractivity contribution >= 4 is 33.0 Å². The Morgan fingerprint density at radius 1 is 1.15 bits per heavy atom. The van der Waals surface area contributed by atoms with Gasteiger partial charge in [0.25, 0.3) is 0 Å². The average Bonchev–Trinajstić information content (AvgIpc) is 2.77. The van der Waals surface area contributed by atoms with Crippen molar-refractivity contribution in [1.82, 2.24) is 14.9 Å². The van der Waals surface area contributed by atoms with Crippen LogP contribution in [0.25, 0.3) is 10.9 Å². The third kappa shape index (κ3) is 7.03. The third-order valence-corrected chi connectivity index (χ3v) is 6.21. The molecule has 3 N–H and O–H groups in total. The molecule has 0 atom stereocenters. The van der Waals surface area contributed by atoms with Gasteiger partial charge in [-0.15, -0.1) is 0 Å². The lowest BCUT2D eigenvalue weighted by molar-refractivity contribution is 0.262. The summed E-state index contributed by atoms with van der Waals surface area (Å²) in [5, 5.41) is 9.12. The van der Waals surface area contributed by atoms with Crippen LogP contribution in [0.5, 0.6) is 11.5 Å². The van der Waals surface area contributed by atoms with E-state index in [-0.39, 0.29) is 6.61 Å². The second kappa shape index (κ2) is 11.1. The molecule has 1 fully saturated rings. The summed E-state index contributed by atoms with van der Waals surface area (Å²) < 4.78 is 37.6. The lowest BCUT2D eigenvalue weighted by Crippen LogP contribution is -2.35. The average molecular weight is 483 g/mol. The maximum absolute atomic E-state index is 11.0. The first kappa shape index (κ1) is 25.2. The number of aromatic nitrogens is 2. The van der Waals surface area contributed by atoms with Gasteiger partial charge >= 0.3 is 10.3 Å². The van der Waals surface area contributed by atoms with Crippen molar-refractivity contribution in [2.75, 3.05) is 71.3 Å². The molecule has 11 nitrogen and oxygen atoms in total. The molecule has 0 unspecified atom stereocenters. The molecule has 0 aliphatic carbocycles. The predicted octanol–water partition coefficient (Wildman–Crippen LogP) is 1.45. The van der Waals surface area contributed by atoms with E-state index >= 15 is 0 Å². The van der Waals surface area contributed by atoms with Gasteiger partial charge in [-0.05, 0) is 45.3 Å². The first-order valence-corrected chi connectivity index (χ1v) is 12.4. The van der Waals surface area contributed by atoms with Gasteiger partial charge in [0.2, 0.25) is 5.95 Å². The molecular weight excluding hydrogens is 448 g/mol. The van der Waals surface area contributed by atoms with Crippen LogP contribution in [-0.4, -0.2) is 84.4 Å². The number of anilines is 2. The summed E-state index contributed by atoms with van der Waals surface area (Å²) in [6.45, 7) is 3.26. The molecule has 0 spiro atoms. The van der Waals surface area contributed by atoms with E-state index in [9.17, 15) is 8.42 Å². The van der Waals surface area contributed by atoms with Gasteiger partial charge in [-0.25, -0.2) is 10.1 Å². The Hall–Kier alpha value is -2.41. The molecular formula is C21H34N6O5S. The van der Waals surface area contributed by atoms with E-state index in [1.165, 1.54) is 0 Å². The first-order valence-electron chi connectivity index (χ1n) is 10.9.